The molecule has 0 aromatic heterocycles. The fraction of sp³-hybridized carbons (Fsp3) is 0.316. The van der Waals surface area contributed by atoms with E-state index in [9.17, 15) is 9.18 Å². The SMILES string of the molecule is CCOc1ccc(OCC)c(NC(=O)CSCc2ccc(F)cc2)c1. The molecule has 6 heteroatoms. The second kappa shape index (κ2) is 9.93. The summed E-state index contributed by atoms with van der Waals surface area (Å²) in [5.41, 5.74) is 1.58. The fourth-order valence-corrected chi connectivity index (χ4v) is 2.96. The number of ether oxygens (including phenoxy) is 2. The zero-order valence-electron chi connectivity index (χ0n) is 14.4. The molecule has 0 fully saturated rings. The van der Waals surface area contributed by atoms with Gasteiger partial charge in [0.05, 0.1) is 24.7 Å². The van der Waals surface area contributed by atoms with Crippen LogP contribution in [0.5, 0.6) is 11.5 Å². The zero-order valence-corrected chi connectivity index (χ0v) is 15.2. The molecular formula is C19H22FNO3S. The first-order valence-electron chi connectivity index (χ1n) is 8.14. The molecule has 25 heavy (non-hydrogen) atoms. The Morgan fingerprint density at radius 2 is 1.80 bits per heavy atom. The number of carbonyl (C=O) groups excluding carboxylic acids is 1. The summed E-state index contributed by atoms with van der Waals surface area (Å²) in [5.74, 6) is 1.85. The molecule has 0 unspecified atom stereocenters. The second-order valence-corrected chi connectivity index (χ2v) is 6.18. The highest BCUT2D eigenvalue weighted by Crippen LogP contribution is 2.29. The van der Waals surface area contributed by atoms with Gasteiger partial charge in [-0.15, -0.1) is 11.8 Å². The van der Waals surface area contributed by atoms with E-state index in [1.54, 1.807) is 24.3 Å². The van der Waals surface area contributed by atoms with E-state index in [0.717, 1.165) is 5.56 Å². The number of carbonyl (C=O) groups is 1. The maximum absolute atomic E-state index is 12.9. The Kier molecular flexibility index (Phi) is 7.60. The van der Waals surface area contributed by atoms with Crippen molar-refractivity contribution >= 4 is 23.4 Å². The monoisotopic (exact) mass is 363 g/mol. The second-order valence-electron chi connectivity index (χ2n) is 5.19. The first-order chi connectivity index (χ1) is 12.1. The summed E-state index contributed by atoms with van der Waals surface area (Å²) in [6, 6.07) is 11.6. The number of benzene rings is 2. The average Bonchev–Trinajstić information content (AvgIpc) is 2.59. The molecule has 134 valence electrons. The van der Waals surface area contributed by atoms with Gasteiger partial charge in [0.1, 0.15) is 17.3 Å². The van der Waals surface area contributed by atoms with Gasteiger partial charge >= 0.3 is 0 Å². The minimum absolute atomic E-state index is 0.123. The van der Waals surface area contributed by atoms with Gasteiger partial charge in [-0.3, -0.25) is 4.79 Å². The van der Waals surface area contributed by atoms with Gasteiger partial charge in [-0.1, -0.05) is 12.1 Å². The van der Waals surface area contributed by atoms with Crippen LogP contribution in [0.1, 0.15) is 19.4 Å². The van der Waals surface area contributed by atoms with Crippen LogP contribution in [0.2, 0.25) is 0 Å². The first-order valence-corrected chi connectivity index (χ1v) is 9.29. The molecule has 2 aromatic carbocycles. The lowest BCUT2D eigenvalue weighted by Gasteiger charge is -2.13. The highest BCUT2D eigenvalue weighted by atomic mass is 32.2. The van der Waals surface area contributed by atoms with E-state index in [-0.39, 0.29) is 11.7 Å². The normalized spacial score (nSPS) is 10.4. The van der Waals surface area contributed by atoms with E-state index in [1.165, 1.54) is 23.9 Å². The molecule has 0 aliphatic heterocycles. The number of amides is 1. The molecule has 0 saturated heterocycles. The number of anilines is 1. The highest BCUT2D eigenvalue weighted by molar-refractivity contribution is 7.99. The highest BCUT2D eigenvalue weighted by Gasteiger charge is 2.10. The van der Waals surface area contributed by atoms with Crippen LogP contribution in [0.3, 0.4) is 0 Å². The molecule has 0 saturated carbocycles. The average molecular weight is 363 g/mol. The molecule has 2 aromatic rings. The molecule has 0 aliphatic carbocycles. The maximum Gasteiger partial charge on any atom is 0.234 e. The lowest BCUT2D eigenvalue weighted by molar-refractivity contribution is -0.113. The Labute approximate surface area is 151 Å². The van der Waals surface area contributed by atoms with Gasteiger partial charge in [0.25, 0.3) is 0 Å². The first kappa shape index (κ1) is 19.1. The van der Waals surface area contributed by atoms with Gasteiger partial charge in [0, 0.05) is 11.8 Å². The molecule has 0 bridgehead atoms. The van der Waals surface area contributed by atoms with Gasteiger partial charge in [-0.05, 0) is 43.7 Å². The lowest BCUT2D eigenvalue weighted by atomic mass is 10.2. The van der Waals surface area contributed by atoms with Crippen LogP contribution in [-0.2, 0) is 10.5 Å². The maximum atomic E-state index is 12.9. The Balaban J connectivity index is 1.91. The summed E-state index contributed by atoms with van der Waals surface area (Å²) >= 11 is 1.47. The number of nitrogens with one attached hydrogen (secondary N) is 1. The molecule has 1 amide bonds. The summed E-state index contributed by atoms with van der Waals surface area (Å²) < 4.78 is 23.9. The van der Waals surface area contributed by atoms with Gasteiger partial charge in [-0.2, -0.15) is 0 Å². The van der Waals surface area contributed by atoms with Crippen LogP contribution in [0.4, 0.5) is 10.1 Å². The minimum atomic E-state index is -0.260. The van der Waals surface area contributed by atoms with Crippen molar-refractivity contribution in [3.05, 3.63) is 53.8 Å². The van der Waals surface area contributed by atoms with Crippen LogP contribution in [-0.4, -0.2) is 24.9 Å². The van der Waals surface area contributed by atoms with Gasteiger partial charge in [-0.25, -0.2) is 4.39 Å². The van der Waals surface area contributed by atoms with Crippen LogP contribution in [0, 0.1) is 5.82 Å². The Bertz CT molecular complexity index is 692. The van der Waals surface area contributed by atoms with Crippen molar-refractivity contribution in [1.82, 2.24) is 0 Å². The predicted molar refractivity (Wildman–Crippen MR) is 100.0 cm³/mol. The zero-order chi connectivity index (χ0) is 18.1. The number of halogens is 1. The van der Waals surface area contributed by atoms with Gasteiger partial charge in [0.15, 0.2) is 0 Å². The summed E-state index contributed by atoms with van der Waals surface area (Å²) in [4.78, 5) is 12.2. The molecule has 0 radical (unpaired) electrons. The number of hydrogen-bond donors (Lipinski definition) is 1. The summed E-state index contributed by atoms with van der Waals surface area (Å²) in [6.45, 7) is 4.85. The van der Waals surface area contributed by atoms with Gasteiger partial charge < -0.3 is 14.8 Å². The quantitative estimate of drug-likeness (QED) is 0.713. The molecule has 0 spiro atoms. The van der Waals surface area contributed by atoms with E-state index < -0.39 is 0 Å². The van der Waals surface area contributed by atoms with Crippen LogP contribution in [0.25, 0.3) is 0 Å². The van der Waals surface area contributed by atoms with Crippen molar-refractivity contribution in [2.75, 3.05) is 24.3 Å². The topological polar surface area (TPSA) is 47.6 Å². The van der Waals surface area contributed by atoms with Crippen molar-refractivity contribution in [3.8, 4) is 11.5 Å². The summed E-state index contributed by atoms with van der Waals surface area (Å²) in [6.07, 6.45) is 0. The van der Waals surface area contributed by atoms with Crippen molar-refractivity contribution < 1.29 is 18.7 Å². The molecule has 0 aliphatic rings. The smallest absolute Gasteiger partial charge is 0.234 e. The molecule has 4 nitrogen and oxygen atoms in total. The lowest BCUT2D eigenvalue weighted by Crippen LogP contribution is -2.15. The Hall–Kier alpha value is -2.21. The van der Waals surface area contributed by atoms with Gasteiger partial charge in [0.2, 0.25) is 5.91 Å². The van der Waals surface area contributed by atoms with Crippen LogP contribution < -0.4 is 14.8 Å². The minimum Gasteiger partial charge on any atom is -0.494 e. The van der Waals surface area contributed by atoms with Crippen LogP contribution >= 0.6 is 11.8 Å². The van der Waals surface area contributed by atoms with E-state index in [2.05, 4.69) is 5.32 Å². The van der Waals surface area contributed by atoms with Crippen molar-refractivity contribution in [2.24, 2.45) is 0 Å². The van der Waals surface area contributed by atoms with Crippen molar-refractivity contribution in [1.29, 1.82) is 0 Å². The molecule has 1 N–H and O–H groups in total. The Morgan fingerprint density at radius 3 is 2.48 bits per heavy atom. The van der Waals surface area contributed by atoms with E-state index in [4.69, 9.17) is 9.47 Å². The van der Waals surface area contributed by atoms with Crippen molar-refractivity contribution in [2.45, 2.75) is 19.6 Å². The number of rotatable bonds is 9. The van der Waals surface area contributed by atoms with E-state index in [1.807, 2.05) is 19.9 Å². The molecular weight excluding hydrogens is 341 g/mol. The molecule has 0 atom stereocenters. The Morgan fingerprint density at radius 1 is 1.08 bits per heavy atom. The standard InChI is InChI=1S/C19H22FNO3S/c1-3-23-16-9-10-18(24-4-2)17(11-16)21-19(22)13-25-12-14-5-7-15(20)8-6-14/h5-11H,3-4,12-13H2,1-2H3,(H,21,22). The largest absolute Gasteiger partial charge is 0.494 e. The molecule has 2 rings (SSSR count). The van der Waals surface area contributed by atoms with Crippen LogP contribution in [0.15, 0.2) is 42.5 Å². The fourth-order valence-electron chi connectivity index (χ4n) is 2.17. The summed E-state index contributed by atoms with van der Waals surface area (Å²) in [7, 11) is 0. The van der Waals surface area contributed by atoms with E-state index in [0.29, 0.717) is 41.9 Å². The third-order valence-electron chi connectivity index (χ3n) is 3.25. The van der Waals surface area contributed by atoms with Crippen molar-refractivity contribution in [3.63, 3.8) is 0 Å². The third-order valence-corrected chi connectivity index (χ3v) is 4.25. The third kappa shape index (κ3) is 6.31. The van der Waals surface area contributed by atoms with E-state index >= 15 is 0 Å². The summed E-state index contributed by atoms with van der Waals surface area (Å²) in [5, 5.41) is 2.86. The number of thioether (sulfide) groups is 1. The predicted octanol–water partition coefficient (Wildman–Crippen LogP) is 4.50. The molecule has 0 heterocycles. The number of hydrogen-bond acceptors (Lipinski definition) is 4.